The van der Waals surface area contributed by atoms with Crippen LogP contribution in [-0.2, 0) is 22.8 Å². The Balaban J connectivity index is 2.35. The fourth-order valence-corrected chi connectivity index (χ4v) is 2.43. The van der Waals surface area contributed by atoms with Gasteiger partial charge in [-0.2, -0.15) is 13.2 Å². The van der Waals surface area contributed by atoms with E-state index in [0.29, 0.717) is 6.07 Å². The molecule has 0 aliphatic rings. The largest absolute Gasteiger partial charge is 0.480 e. The van der Waals surface area contributed by atoms with Gasteiger partial charge in [0, 0.05) is 12.3 Å². The van der Waals surface area contributed by atoms with Gasteiger partial charge in [-0.05, 0) is 24.3 Å². The Bertz CT molecular complexity index is 915. The van der Waals surface area contributed by atoms with Crippen molar-refractivity contribution in [2.24, 2.45) is 5.14 Å². The van der Waals surface area contributed by atoms with Crippen LogP contribution in [0.2, 0.25) is 0 Å². The van der Waals surface area contributed by atoms with E-state index < -0.39 is 55.3 Å². The molecule has 0 saturated carbocycles. The molecule has 0 radical (unpaired) electrons. The summed E-state index contributed by atoms with van der Waals surface area (Å²) in [5, 5.41) is 15.9. The van der Waals surface area contributed by atoms with Gasteiger partial charge in [0.05, 0.1) is 21.1 Å². The first kappa shape index (κ1) is 18.6. The summed E-state index contributed by atoms with van der Waals surface area (Å²) < 4.78 is 66.2. The highest BCUT2D eigenvalue weighted by Crippen LogP contribution is 2.33. The van der Waals surface area contributed by atoms with Crippen LogP contribution in [0.1, 0.15) is 11.3 Å². The van der Waals surface area contributed by atoms with Crippen LogP contribution >= 0.6 is 0 Å². The minimum atomic E-state index is -4.67. The van der Waals surface area contributed by atoms with Crippen LogP contribution in [0.3, 0.4) is 0 Å². The van der Waals surface area contributed by atoms with E-state index >= 15 is 0 Å². The van der Waals surface area contributed by atoms with Crippen molar-refractivity contribution in [2.45, 2.75) is 17.7 Å². The number of ether oxygens (including phenoxy) is 1. The van der Waals surface area contributed by atoms with E-state index in [1.54, 1.807) is 0 Å². The summed E-state index contributed by atoms with van der Waals surface area (Å²) in [6.07, 6.45) is -3.55. The molecule has 0 unspecified atom stereocenters. The summed E-state index contributed by atoms with van der Waals surface area (Å²) in [6.45, 7) is -0.703. The van der Waals surface area contributed by atoms with Crippen molar-refractivity contribution in [1.29, 1.82) is 0 Å². The number of benzene rings is 1. The van der Waals surface area contributed by atoms with Gasteiger partial charge in [0.1, 0.15) is 6.61 Å². The monoisotopic (exact) mass is 377 g/mol. The molecule has 134 valence electrons. The van der Waals surface area contributed by atoms with Crippen molar-refractivity contribution in [3.8, 4) is 5.75 Å². The molecule has 1 aromatic heterocycles. The van der Waals surface area contributed by atoms with Crippen LogP contribution in [0.5, 0.6) is 5.75 Å². The third-order valence-electron chi connectivity index (χ3n) is 3.02. The van der Waals surface area contributed by atoms with Gasteiger partial charge in [0.25, 0.3) is 0 Å². The van der Waals surface area contributed by atoms with Crippen molar-refractivity contribution >= 4 is 15.7 Å². The molecule has 8 nitrogen and oxygen atoms in total. The Morgan fingerprint density at radius 1 is 1.28 bits per heavy atom. The molecule has 0 spiro atoms. The highest BCUT2D eigenvalue weighted by atomic mass is 32.2. The number of nitrogens with zero attached hydrogens (tertiary/aromatic N) is 2. The Morgan fingerprint density at radius 2 is 1.96 bits per heavy atom. The van der Waals surface area contributed by atoms with Crippen molar-refractivity contribution in [1.82, 2.24) is 4.98 Å². The van der Waals surface area contributed by atoms with Gasteiger partial charge in [-0.1, -0.05) is 0 Å². The van der Waals surface area contributed by atoms with E-state index in [9.17, 15) is 31.7 Å². The molecule has 2 rings (SSSR count). The first-order chi connectivity index (χ1) is 11.5. The Morgan fingerprint density at radius 3 is 2.52 bits per heavy atom. The number of hydrogen-bond acceptors (Lipinski definition) is 6. The first-order valence-corrected chi connectivity index (χ1v) is 8.00. The molecule has 0 amide bonds. The molecule has 0 bridgehead atoms. The average Bonchev–Trinajstić information content (AvgIpc) is 2.51. The molecule has 25 heavy (non-hydrogen) atoms. The third-order valence-corrected chi connectivity index (χ3v) is 3.93. The minimum Gasteiger partial charge on any atom is -0.480 e. The van der Waals surface area contributed by atoms with E-state index in [-0.39, 0.29) is 0 Å². The number of halogens is 3. The summed E-state index contributed by atoms with van der Waals surface area (Å²) in [5.74, 6) is -0.420. The smallest absolute Gasteiger partial charge is 0.418 e. The van der Waals surface area contributed by atoms with E-state index in [4.69, 9.17) is 9.88 Å². The second-order valence-electron chi connectivity index (χ2n) is 4.72. The summed E-state index contributed by atoms with van der Waals surface area (Å²) in [6, 6.07) is 4.43. The second-order valence-corrected chi connectivity index (χ2v) is 6.28. The second kappa shape index (κ2) is 6.64. The number of primary sulfonamides is 1. The quantitative estimate of drug-likeness (QED) is 0.629. The molecular weight excluding hydrogens is 367 g/mol. The number of alkyl halides is 3. The van der Waals surface area contributed by atoms with E-state index in [1.807, 2.05) is 0 Å². The van der Waals surface area contributed by atoms with E-state index in [2.05, 4.69) is 4.98 Å². The lowest BCUT2D eigenvalue weighted by atomic mass is 10.2. The highest BCUT2D eigenvalue weighted by molar-refractivity contribution is 7.89. The zero-order valence-electron chi connectivity index (χ0n) is 12.2. The molecule has 2 aromatic rings. The van der Waals surface area contributed by atoms with Gasteiger partial charge in [-0.15, -0.1) is 0 Å². The van der Waals surface area contributed by atoms with Gasteiger partial charge in [0.15, 0.2) is 5.75 Å². The van der Waals surface area contributed by atoms with E-state index in [0.717, 1.165) is 30.5 Å². The van der Waals surface area contributed by atoms with Crippen molar-refractivity contribution < 1.29 is 31.2 Å². The Hall–Kier alpha value is -2.73. The average molecular weight is 377 g/mol. The fraction of sp³-hybridized carbons (Fsp3) is 0.154. The van der Waals surface area contributed by atoms with Gasteiger partial charge >= 0.3 is 11.9 Å². The lowest BCUT2D eigenvalue weighted by Crippen LogP contribution is -2.14. The van der Waals surface area contributed by atoms with Crippen molar-refractivity contribution in [2.75, 3.05) is 0 Å². The number of nitrogens with two attached hydrogens (primary N) is 1. The van der Waals surface area contributed by atoms with Crippen LogP contribution in [0.15, 0.2) is 41.4 Å². The maximum Gasteiger partial charge on any atom is 0.418 e. The predicted octanol–water partition coefficient (Wildman–Crippen LogP) is 2.24. The number of hydrogen-bond donors (Lipinski definition) is 1. The summed E-state index contributed by atoms with van der Waals surface area (Å²) >= 11 is 0. The molecule has 0 fully saturated rings. The van der Waals surface area contributed by atoms with Gasteiger partial charge in [-0.25, -0.2) is 13.6 Å². The predicted molar refractivity (Wildman–Crippen MR) is 78.0 cm³/mol. The highest BCUT2D eigenvalue weighted by Gasteiger charge is 2.34. The number of nitro benzene ring substituents is 1. The van der Waals surface area contributed by atoms with Gasteiger partial charge < -0.3 is 4.74 Å². The van der Waals surface area contributed by atoms with Crippen molar-refractivity contribution in [3.63, 3.8) is 0 Å². The lowest BCUT2D eigenvalue weighted by molar-refractivity contribution is -0.386. The van der Waals surface area contributed by atoms with Crippen LogP contribution in [0.4, 0.5) is 18.9 Å². The molecule has 12 heteroatoms. The number of nitro groups is 1. The number of pyridine rings is 1. The molecule has 1 heterocycles. The molecule has 0 aliphatic heterocycles. The lowest BCUT2D eigenvalue weighted by Gasteiger charge is -2.12. The first-order valence-electron chi connectivity index (χ1n) is 6.45. The summed E-state index contributed by atoms with van der Waals surface area (Å²) in [5.41, 5.74) is -2.27. The molecule has 0 aliphatic carbocycles. The normalized spacial score (nSPS) is 12.0. The molecule has 1 aromatic carbocycles. The fourth-order valence-electron chi connectivity index (χ4n) is 1.90. The number of rotatable bonds is 5. The van der Waals surface area contributed by atoms with Gasteiger partial charge in [-0.3, -0.25) is 15.1 Å². The van der Waals surface area contributed by atoms with E-state index in [1.165, 1.54) is 0 Å². The van der Waals surface area contributed by atoms with Crippen LogP contribution < -0.4 is 9.88 Å². The Labute approximate surface area is 139 Å². The third kappa shape index (κ3) is 4.42. The standard InChI is InChI=1S/C13H10F3N3O5S/c14-13(15,16)9-2-1-5-18-10(9)7-24-12-4-3-8(25(17,22)23)6-11(12)19(20)21/h1-6H,7H2,(H2,17,22,23). The maximum absolute atomic E-state index is 12.9. The van der Waals surface area contributed by atoms with Gasteiger partial charge in [0.2, 0.25) is 10.0 Å². The van der Waals surface area contributed by atoms with Crippen molar-refractivity contribution in [3.05, 3.63) is 57.9 Å². The molecule has 0 saturated heterocycles. The summed E-state index contributed by atoms with van der Waals surface area (Å²) in [7, 11) is -4.19. The van der Waals surface area contributed by atoms with Crippen LogP contribution in [0, 0.1) is 10.1 Å². The zero-order valence-corrected chi connectivity index (χ0v) is 13.0. The SMILES string of the molecule is NS(=O)(=O)c1ccc(OCc2ncccc2C(F)(F)F)c([N+](=O)[O-])c1. The summed E-state index contributed by atoms with van der Waals surface area (Å²) in [4.78, 5) is 13.1. The van der Waals surface area contributed by atoms with Crippen LogP contribution in [0.25, 0.3) is 0 Å². The topological polar surface area (TPSA) is 125 Å². The van der Waals surface area contributed by atoms with Crippen LogP contribution in [-0.4, -0.2) is 18.3 Å². The molecular formula is C13H10F3N3O5S. The zero-order chi connectivity index (χ0) is 18.8. The molecule has 2 N–H and O–H groups in total. The maximum atomic E-state index is 12.9. The number of sulfonamides is 1. The Kier molecular flexibility index (Phi) is 4.94. The number of aromatic nitrogens is 1. The molecule has 0 atom stereocenters. The minimum absolute atomic E-state index is 0.420.